The van der Waals surface area contributed by atoms with Crippen molar-refractivity contribution >= 4 is 32.7 Å². The molecule has 0 bridgehead atoms. The molecule has 3 aromatic rings. The van der Waals surface area contributed by atoms with E-state index in [1.807, 2.05) is 47.4 Å². The Morgan fingerprint density at radius 3 is 2.74 bits per heavy atom. The highest BCUT2D eigenvalue weighted by molar-refractivity contribution is 7.22. The third-order valence-electron chi connectivity index (χ3n) is 4.21. The van der Waals surface area contributed by atoms with Crippen molar-refractivity contribution in [3.8, 4) is 0 Å². The number of anilines is 1. The van der Waals surface area contributed by atoms with Crippen molar-refractivity contribution < 1.29 is 4.79 Å². The van der Waals surface area contributed by atoms with Gasteiger partial charge in [0, 0.05) is 6.54 Å². The normalized spacial score (nSPS) is 17.6. The van der Waals surface area contributed by atoms with Gasteiger partial charge in [-0.05, 0) is 30.5 Å². The number of amides is 2. The van der Waals surface area contributed by atoms with Gasteiger partial charge in [0.15, 0.2) is 5.13 Å². The molecule has 1 aliphatic rings. The lowest BCUT2D eigenvalue weighted by Crippen LogP contribution is -2.34. The molecule has 1 fully saturated rings. The molecule has 1 aliphatic heterocycles. The van der Waals surface area contributed by atoms with Gasteiger partial charge in [0.25, 0.3) is 0 Å². The molecule has 2 aromatic carbocycles. The summed E-state index contributed by atoms with van der Waals surface area (Å²) in [5, 5.41) is 3.63. The molecular weight excluding hydrogens is 306 g/mol. The zero-order chi connectivity index (χ0) is 15.6. The zero-order valence-electron chi connectivity index (χ0n) is 12.6. The van der Waals surface area contributed by atoms with Crippen molar-refractivity contribution in [2.24, 2.45) is 0 Å². The van der Waals surface area contributed by atoms with E-state index < -0.39 is 0 Å². The number of urea groups is 1. The van der Waals surface area contributed by atoms with E-state index in [9.17, 15) is 4.79 Å². The fraction of sp³-hybridized carbons (Fsp3) is 0.222. The van der Waals surface area contributed by atoms with E-state index in [0.717, 1.165) is 29.6 Å². The lowest BCUT2D eigenvalue weighted by molar-refractivity contribution is 0.207. The molecule has 2 heterocycles. The molecule has 4 nitrogen and oxygen atoms in total. The summed E-state index contributed by atoms with van der Waals surface area (Å²) in [4.78, 5) is 19.1. The molecule has 2 amide bonds. The number of nitrogens with zero attached hydrogens (tertiary/aromatic N) is 2. The first-order valence-electron chi connectivity index (χ1n) is 7.79. The molecule has 1 aromatic heterocycles. The van der Waals surface area contributed by atoms with Crippen LogP contribution in [0.15, 0.2) is 54.6 Å². The van der Waals surface area contributed by atoms with E-state index in [-0.39, 0.29) is 12.1 Å². The van der Waals surface area contributed by atoms with Crippen LogP contribution in [-0.4, -0.2) is 22.5 Å². The largest absolute Gasteiger partial charge is 0.324 e. The Labute approximate surface area is 138 Å². The van der Waals surface area contributed by atoms with E-state index >= 15 is 0 Å². The monoisotopic (exact) mass is 323 g/mol. The van der Waals surface area contributed by atoms with Crippen LogP contribution in [0.25, 0.3) is 10.2 Å². The number of carbonyl (C=O) groups excluding carboxylic acids is 1. The predicted molar refractivity (Wildman–Crippen MR) is 93.8 cm³/mol. The van der Waals surface area contributed by atoms with Crippen LogP contribution >= 0.6 is 11.3 Å². The Bertz CT molecular complexity index is 797. The molecule has 1 saturated heterocycles. The molecule has 0 radical (unpaired) electrons. The predicted octanol–water partition coefficient (Wildman–Crippen LogP) is 4.67. The summed E-state index contributed by atoms with van der Waals surface area (Å²) in [6.45, 7) is 0.788. The average Bonchev–Trinajstić information content (AvgIpc) is 3.22. The van der Waals surface area contributed by atoms with Crippen LogP contribution in [0.2, 0.25) is 0 Å². The van der Waals surface area contributed by atoms with Crippen LogP contribution in [0.5, 0.6) is 0 Å². The van der Waals surface area contributed by atoms with E-state index in [1.54, 1.807) is 0 Å². The second-order valence-corrected chi connectivity index (χ2v) is 6.71. The van der Waals surface area contributed by atoms with Gasteiger partial charge in [-0.15, -0.1) is 0 Å². The van der Waals surface area contributed by atoms with Gasteiger partial charge in [0.05, 0.1) is 16.3 Å². The summed E-state index contributed by atoms with van der Waals surface area (Å²) in [6.07, 6.45) is 2.05. The van der Waals surface area contributed by atoms with Crippen molar-refractivity contribution in [1.82, 2.24) is 9.88 Å². The van der Waals surface area contributed by atoms with Crippen LogP contribution in [0, 0.1) is 0 Å². The summed E-state index contributed by atoms with van der Waals surface area (Å²) in [5.41, 5.74) is 2.12. The Morgan fingerprint density at radius 2 is 1.91 bits per heavy atom. The molecule has 1 atom stereocenters. The summed E-state index contributed by atoms with van der Waals surface area (Å²) in [6, 6.07) is 18.3. The second kappa shape index (κ2) is 6.01. The number of benzene rings is 2. The molecule has 1 N–H and O–H groups in total. The quantitative estimate of drug-likeness (QED) is 0.745. The number of likely N-dealkylation sites (tertiary alicyclic amines) is 1. The van der Waals surface area contributed by atoms with Gasteiger partial charge in [0.2, 0.25) is 0 Å². The maximum absolute atomic E-state index is 12.7. The number of fused-ring (bicyclic) bond motifs is 1. The maximum Gasteiger partial charge on any atom is 0.324 e. The highest BCUT2D eigenvalue weighted by Crippen LogP contribution is 2.33. The Hall–Kier alpha value is -2.40. The fourth-order valence-corrected chi connectivity index (χ4v) is 3.98. The van der Waals surface area contributed by atoms with E-state index in [1.165, 1.54) is 16.9 Å². The molecule has 0 aliphatic carbocycles. The minimum absolute atomic E-state index is 0.0598. The molecule has 0 saturated carbocycles. The number of hydrogen-bond acceptors (Lipinski definition) is 3. The van der Waals surface area contributed by atoms with E-state index in [4.69, 9.17) is 0 Å². The summed E-state index contributed by atoms with van der Waals surface area (Å²) >= 11 is 1.51. The third kappa shape index (κ3) is 2.80. The van der Waals surface area contributed by atoms with Gasteiger partial charge < -0.3 is 4.90 Å². The van der Waals surface area contributed by atoms with Crippen molar-refractivity contribution in [2.75, 3.05) is 11.9 Å². The molecule has 1 unspecified atom stereocenters. The minimum atomic E-state index is -0.0598. The molecule has 0 spiro atoms. The Kier molecular flexibility index (Phi) is 3.71. The summed E-state index contributed by atoms with van der Waals surface area (Å²) < 4.78 is 1.09. The second-order valence-electron chi connectivity index (χ2n) is 5.68. The number of carbonyl (C=O) groups is 1. The SMILES string of the molecule is O=C(Nc1nc2ccccc2s1)N1CCCC1c1ccccc1. The van der Waals surface area contributed by atoms with Crippen molar-refractivity contribution in [3.05, 3.63) is 60.2 Å². The smallest absolute Gasteiger partial charge is 0.317 e. The van der Waals surface area contributed by atoms with E-state index in [0.29, 0.717) is 5.13 Å². The molecule has 4 rings (SSSR count). The summed E-state index contributed by atoms with van der Waals surface area (Å²) in [7, 11) is 0. The van der Waals surface area contributed by atoms with Gasteiger partial charge in [0.1, 0.15) is 0 Å². The lowest BCUT2D eigenvalue weighted by atomic mass is 10.1. The lowest BCUT2D eigenvalue weighted by Gasteiger charge is -2.24. The number of para-hydroxylation sites is 1. The van der Waals surface area contributed by atoms with E-state index in [2.05, 4.69) is 22.4 Å². The zero-order valence-corrected chi connectivity index (χ0v) is 13.4. The number of thiazole rings is 1. The van der Waals surface area contributed by atoms with Crippen LogP contribution < -0.4 is 5.32 Å². The number of rotatable bonds is 2. The molecule has 5 heteroatoms. The number of hydrogen-bond donors (Lipinski definition) is 1. The van der Waals surface area contributed by atoms with Crippen LogP contribution in [0.4, 0.5) is 9.93 Å². The Balaban J connectivity index is 1.54. The fourth-order valence-electron chi connectivity index (χ4n) is 3.12. The highest BCUT2D eigenvalue weighted by Gasteiger charge is 2.30. The molecule has 116 valence electrons. The van der Waals surface area contributed by atoms with Crippen molar-refractivity contribution in [3.63, 3.8) is 0 Å². The minimum Gasteiger partial charge on any atom is -0.317 e. The number of aromatic nitrogens is 1. The average molecular weight is 323 g/mol. The van der Waals surface area contributed by atoms with Gasteiger partial charge in [-0.3, -0.25) is 5.32 Å². The van der Waals surface area contributed by atoms with Gasteiger partial charge >= 0.3 is 6.03 Å². The van der Waals surface area contributed by atoms with Gasteiger partial charge in [-0.2, -0.15) is 0 Å². The molecule has 23 heavy (non-hydrogen) atoms. The van der Waals surface area contributed by atoms with Gasteiger partial charge in [-0.1, -0.05) is 53.8 Å². The van der Waals surface area contributed by atoms with Crippen LogP contribution in [-0.2, 0) is 0 Å². The van der Waals surface area contributed by atoms with Crippen LogP contribution in [0.3, 0.4) is 0 Å². The Morgan fingerprint density at radius 1 is 1.13 bits per heavy atom. The maximum atomic E-state index is 12.7. The molecular formula is C18H17N3OS. The number of nitrogens with one attached hydrogen (secondary N) is 1. The first kappa shape index (κ1) is 14.2. The third-order valence-corrected chi connectivity index (χ3v) is 5.16. The first-order valence-corrected chi connectivity index (χ1v) is 8.61. The van der Waals surface area contributed by atoms with Crippen molar-refractivity contribution in [2.45, 2.75) is 18.9 Å². The van der Waals surface area contributed by atoms with Gasteiger partial charge in [-0.25, -0.2) is 9.78 Å². The standard InChI is InChI=1S/C18H17N3OS/c22-18(20-17-19-14-9-4-5-11-16(14)23-17)21-12-6-10-15(21)13-7-2-1-3-8-13/h1-5,7-9,11,15H,6,10,12H2,(H,19,20,22). The van der Waals surface area contributed by atoms with Crippen molar-refractivity contribution in [1.29, 1.82) is 0 Å². The first-order chi connectivity index (χ1) is 11.3. The van der Waals surface area contributed by atoms with Crippen LogP contribution in [0.1, 0.15) is 24.4 Å². The topological polar surface area (TPSA) is 45.2 Å². The highest BCUT2D eigenvalue weighted by atomic mass is 32.1. The summed E-state index contributed by atoms with van der Waals surface area (Å²) in [5.74, 6) is 0.